The minimum atomic E-state index is -0.271. The zero-order valence-electron chi connectivity index (χ0n) is 28.2. The molecule has 0 saturated heterocycles. The van der Waals surface area contributed by atoms with Crippen molar-refractivity contribution in [3.63, 3.8) is 0 Å². The summed E-state index contributed by atoms with van der Waals surface area (Å²) >= 11 is 0. The lowest BCUT2D eigenvalue weighted by Crippen LogP contribution is -2.54. The van der Waals surface area contributed by atoms with Crippen molar-refractivity contribution >= 4 is 12.0 Å². The summed E-state index contributed by atoms with van der Waals surface area (Å²) in [4.78, 5) is 12.8. The Bertz CT molecular complexity index is 1140. The molecule has 0 aliphatic heterocycles. The van der Waals surface area contributed by atoms with E-state index in [9.17, 15) is 9.90 Å². The third-order valence-corrected chi connectivity index (χ3v) is 13.7. The van der Waals surface area contributed by atoms with Gasteiger partial charge in [0.1, 0.15) is 6.10 Å². The van der Waals surface area contributed by atoms with Crippen LogP contribution in [0.1, 0.15) is 124 Å². The highest BCUT2D eigenvalue weighted by Gasteiger charge is 2.60. The van der Waals surface area contributed by atoms with E-state index in [0.717, 1.165) is 59.8 Å². The SMILES string of the molecule is CC[C@H](CC[C@@H](C)[C@H]1CCC2C3CC[C@H]4C[C@@H](OC(=O)/C=C/c5ccc(O)c(OC)c5)CC[C@]4(C)C3CC[C@@]21C)C(C)C. The van der Waals surface area contributed by atoms with Gasteiger partial charge in [-0.1, -0.05) is 60.5 Å². The van der Waals surface area contributed by atoms with E-state index in [2.05, 4.69) is 41.5 Å². The molecule has 0 amide bonds. The van der Waals surface area contributed by atoms with Crippen molar-refractivity contribution in [2.24, 2.45) is 58.2 Å². The first-order valence-electron chi connectivity index (χ1n) is 17.8. The van der Waals surface area contributed by atoms with Gasteiger partial charge in [-0.05, 0) is 146 Å². The van der Waals surface area contributed by atoms with Crippen molar-refractivity contribution in [3.8, 4) is 11.5 Å². The molecular weight excluding hydrogens is 532 g/mol. The molecule has 4 nitrogen and oxygen atoms in total. The Kier molecular flexibility index (Phi) is 9.94. The number of carbonyl (C=O) groups excluding carboxylic acids is 1. The van der Waals surface area contributed by atoms with E-state index >= 15 is 0 Å². The third kappa shape index (κ3) is 6.41. The Hall–Kier alpha value is -1.97. The average Bonchev–Trinajstić information content (AvgIpc) is 3.34. The number of rotatable bonds is 10. The van der Waals surface area contributed by atoms with Crippen LogP contribution in [-0.2, 0) is 9.53 Å². The van der Waals surface area contributed by atoms with Crippen LogP contribution in [0.5, 0.6) is 11.5 Å². The maximum absolute atomic E-state index is 12.8. The van der Waals surface area contributed by atoms with Crippen LogP contribution in [0.4, 0.5) is 0 Å². The fourth-order valence-electron chi connectivity index (χ4n) is 11.2. The monoisotopic (exact) mass is 592 g/mol. The number of ether oxygens (including phenoxy) is 2. The summed E-state index contributed by atoms with van der Waals surface area (Å²) in [7, 11) is 1.52. The quantitative estimate of drug-likeness (QED) is 0.217. The van der Waals surface area contributed by atoms with Crippen LogP contribution in [0, 0.1) is 58.2 Å². The number of fused-ring (bicyclic) bond motifs is 5. The Morgan fingerprint density at radius 2 is 1.74 bits per heavy atom. The molecule has 3 unspecified atom stereocenters. The molecule has 10 atom stereocenters. The van der Waals surface area contributed by atoms with Gasteiger partial charge in [-0.3, -0.25) is 0 Å². The van der Waals surface area contributed by atoms with Gasteiger partial charge in [0, 0.05) is 6.08 Å². The van der Waals surface area contributed by atoms with E-state index in [4.69, 9.17) is 9.47 Å². The summed E-state index contributed by atoms with van der Waals surface area (Å²) in [6, 6.07) is 5.07. The molecule has 4 saturated carbocycles. The minimum absolute atomic E-state index is 0.0180. The first kappa shape index (κ1) is 32.4. The molecule has 1 aromatic carbocycles. The van der Waals surface area contributed by atoms with Crippen molar-refractivity contribution in [2.45, 2.75) is 125 Å². The Morgan fingerprint density at radius 1 is 1.00 bits per heavy atom. The van der Waals surface area contributed by atoms with E-state index in [1.54, 1.807) is 24.3 Å². The van der Waals surface area contributed by atoms with Gasteiger partial charge in [-0.25, -0.2) is 4.79 Å². The van der Waals surface area contributed by atoms with Gasteiger partial charge in [0.25, 0.3) is 0 Å². The number of phenols is 1. The van der Waals surface area contributed by atoms with E-state index in [1.165, 1.54) is 77.4 Å². The van der Waals surface area contributed by atoms with Crippen molar-refractivity contribution in [2.75, 3.05) is 7.11 Å². The van der Waals surface area contributed by atoms with Crippen LogP contribution in [-0.4, -0.2) is 24.3 Å². The fraction of sp³-hybridized carbons (Fsp3) is 0.769. The van der Waals surface area contributed by atoms with E-state index in [0.29, 0.717) is 22.5 Å². The predicted molar refractivity (Wildman–Crippen MR) is 176 cm³/mol. The summed E-state index contributed by atoms with van der Waals surface area (Å²) in [6.07, 6.45) is 19.0. The second kappa shape index (κ2) is 13.2. The molecule has 5 rings (SSSR count). The van der Waals surface area contributed by atoms with E-state index < -0.39 is 0 Å². The van der Waals surface area contributed by atoms with Crippen LogP contribution >= 0.6 is 0 Å². The van der Waals surface area contributed by atoms with Crippen LogP contribution in [0.3, 0.4) is 0 Å². The molecule has 0 spiro atoms. The number of hydrogen-bond acceptors (Lipinski definition) is 4. The molecule has 4 fully saturated rings. The standard InChI is InChI=1S/C39H60O4/c1-8-28(25(2)3)12-9-26(4)32-15-16-33-31-14-13-29-24-30(19-21-38(29,5)34(31)20-22-39(32,33)6)43-37(41)18-11-27-10-17-35(40)36(23-27)42-7/h10-11,17-18,23,25-26,28-34,40H,8-9,12-16,19-22,24H2,1-7H3/b18-11+/t26-,28-,29+,30+,31?,32-,33?,34?,38+,39-/m1/s1. The van der Waals surface area contributed by atoms with Gasteiger partial charge < -0.3 is 14.6 Å². The summed E-state index contributed by atoms with van der Waals surface area (Å²) < 4.78 is 11.2. The number of carbonyl (C=O) groups is 1. The maximum Gasteiger partial charge on any atom is 0.331 e. The lowest BCUT2D eigenvalue weighted by atomic mass is 9.44. The zero-order valence-corrected chi connectivity index (χ0v) is 28.2. The normalized spacial score (nSPS) is 36.9. The average molecular weight is 593 g/mol. The molecule has 1 aromatic rings. The number of hydrogen-bond donors (Lipinski definition) is 1. The molecule has 0 radical (unpaired) electrons. The lowest BCUT2D eigenvalue weighted by molar-refractivity contribution is -0.157. The predicted octanol–water partition coefficient (Wildman–Crippen LogP) is 10.1. The molecule has 4 heteroatoms. The third-order valence-electron chi connectivity index (χ3n) is 13.7. The van der Waals surface area contributed by atoms with Crippen molar-refractivity contribution in [3.05, 3.63) is 29.8 Å². The number of aromatic hydroxyl groups is 1. The number of benzene rings is 1. The highest BCUT2D eigenvalue weighted by molar-refractivity contribution is 5.87. The summed E-state index contributed by atoms with van der Waals surface area (Å²) in [5, 5.41) is 9.83. The highest BCUT2D eigenvalue weighted by Crippen LogP contribution is 2.68. The number of methoxy groups -OCH3 is 1. The molecule has 240 valence electrons. The summed E-state index contributed by atoms with van der Waals surface area (Å²) in [6.45, 7) is 15.1. The maximum atomic E-state index is 12.8. The van der Waals surface area contributed by atoms with Crippen LogP contribution in [0.15, 0.2) is 24.3 Å². The number of esters is 1. The zero-order chi connectivity index (χ0) is 30.9. The van der Waals surface area contributed by atoms with Gasteiger partial charge in [0.15, 0.2) is 11.5 Å². The van der Waals surface area contributed by atoms with Crippen LogP contribution in [0.25, 0.3) is 6.08 Å². The fourth-order valence-corrected chi connectivity index (χ4v) is 11.2. The van der Waals surface area contributed by atoms with Gasteiger partial charge in [-0.2, -0.15) is 0 Å². The van der Waals surface area contributed by atoms with Crippen molar-refractivity contribution < 1.29 is 19.4 Å². The topological polar surface area (TPSA) is 55.8 Å². The van der Waals surface area contributed by atoms with Crippen LogP contribution < -0.4 is 4.74 Å². The molecule has 0 heterocycles. The van der Waals surface area contributed by atoms with E-state index in [1.807, 2.05) is 0 Å². The second-order valence-corrected chi connectivity index (χ2v) is 16.0. The number of phenolic OH excluding ortho intramolecular Hbond substituents is 1. The highest BCUT2D eigenvalue weighted by atomic mass is 16.5. The first-order chi connectivity index (χ1) is 20.5. The molecule has 0 aromatic heterocycles. The largest absolute Gasteiger partial charge is 0.504 e. The van der Waals surface area contributed by atoms with E-state index in [-0.39, 0.29) is 17.8 Å². The summed E-state index contributed by atoms with van der Waals surface area (Å²) in [5.74, 6) is 6.95. The van der Waals surface area contributed by atoms with Gasteiger partial charge in [0.2, 0.25) is 0 Å². The van der Waals surface area contributed by atoms with Crippen LogP contribution in [0.2, 0.25) is 0 Å². The summed E-state index contributed by atoms with van der Waals surface area (Å²) in [5.41, 5.74) is 1.72. The lowest BCUT2D eigenvalue weighted by Gasteiger charge is -2.61. The molecule has 4 aliphatic rings. The van der Waals surface area contributed by atoms with Gasteiger partial charge in [0.05, 0.1) is 7.11 Å². The molecular formula is C39H60O4. The molecule has 1 N–H and O–H groups in total. The molecule has 0 bridgehead atoms. The molecule has 43 heavy (non-hydrogen) atoms. The smallest absolute Gasteiger partial charge is 0.331 e. The first-order valence-corrected chi connectivity index (χ1v) is 17.8. The minimum Gasteiger partial charge on any atom is -0.504 e. The Balaban J connectivity index is 1.17. The van der Waals surface area contributed by atoms with Gasteiger partial charge >= 0.3 is 5.97 Å². The molecule has 4 aliphatic carbocycles. The Labute approximate surface area is 262 Å². The second-order valence-electron chi connectivity index (χ2n) is 16.0. The van der Waals surface area contributed by atoms with Crippen molar-refractivity contribution in [1.29, 1.82) is 0 Å². The van der Waals surface area contributed by atoms with Gasteiger partial charge in [-0.15, -0.1) is 0 Å². The van der Waals surface area contributed by atoms with Crippen molar-refractivity contribution in [1.82, 2.24) is 0 Å². The Morgan fingerprint density at radius 3 is 2.47 bits per heavy atom.